The van der Waals surface area contributed by atoms with Gasteiger partial charge in [0.1, 0.15) is 22.5 Å². The first-order valence-corrected chi connectivity index (χ1v) is 12.1. The van der Waals surface area contributed by atoms with Gasteiger partial charge < -0.3 is 26.0 Å². The first-order valence-electron chi connectivity index (χ1n) is 11.3. The van der Waals surface area contributed by atoms with Gasteiger partial charge in [0.25, 0.3) is 5.56 Å². The van der Waals surface area contributed by atoms with Crippen LogP contribution in [-0.2, 0) is 0 Å². The van der Waals surface area contributed by atoms with Crippen LogP contribution in [-0.4, -0.2) is 60.1 Å². The van der Waals surface area contributed by atoms with Crippen molar-refractivity contribution in [3.63, 3.8) is 0 Å². The lowest BCUT2D eigenvalue weighted by Gasteiger charge is -2.20. The Balaban J connectivity index is 0.00000304. The number of aromatic nitrogens is 4. The summed E-state index contributed by atoms with van der Waals surface area (Å²) in [5, 5.41) is 37.1. The molecule has 10 nitrogen and oxygen atoms in total. The minimum absolute atomic E-state index is 0. The first-order chi connectivity index (χ1) is 16.8. The predicted octanol–water partition coefficient (Wildman–Crippen LogP) is 2.74. The van der Waals surface area contributed by atoms with Gasteiger partial charge in [-0.05, 0) is 44.5 Å². The zero-order valence-electron chi connectivity index (χ0n) is 19.6. The topological polar surface area (TPSA) is 156 Å². The van der Waals surface area contributed by atoms with Gasteiger partial charge in [-0.2, -0.15) is 4.98 Å². The summed E-state index contributed by atoms with van der Waals surface area (Å²) >= 11 is 1.37. The molecule has 5 rings (SSSR count). The van der Waals surface area contributed by atoms with E-state index in [2.05, 4.69) is 30.6 Å². The van der Waals surface area contributed by atoms with Gasteiger partial charge in [-0.1, -0.05) is 12.1 Å². The Morgan fingerprint density at radius 3 is 2.47 bits per heavy atom. The number of aromatic amines is 1. The second-order valence-electron chi connectivity index (χ2n) is 8.80. The summed E-state index contributed by atoms with van der Waals surface area (Å²) in [6.45, 7) is 3.50. The van der Waals surface area contributed by atoms with Crippen LogP contribution in [0.4, 0.5) is 17.5 Å². The molecule has 1 aromatic carbocycles. The summed E-state index contributed by atoms with van der Waals surface area (Å²) in [6.07, 6.45) is -1.89. The number of nitrogens with one attached hydrogen (secondary N) is 3. The first kappa shape index (κ1) is 26.0. The average Bonchev–Trinajstić information content (AvgIpc) is 3.34. The quantitative estimate of drug-likeness (QED) is 0.220. The second kappa shape index (κ2) is 10.5. The Bertz CT molecular complexity index is 1390. The van der Waals surface area contributed by atoms with Crippen LogP contribution in [0.3, 0.4) is 0 Å². The SMILES string of the molecule is Cc1cc(Nc2nc(N[C@@H]3C[C@H](CO)[C@@H](O)[C@H]3O)c(-c3nc4ccccc4s3)c(=O)[nH]2)cc(C)n1.Cl. The molecule has 0 aliphatic heterocycles. The summed E-state index contributed by atoms with van der Waals surface area (Å²) in [5.41, 5.74) is 2.95. The molecular weight excluding hydrogens is 504 g/mol. The van der Waals surface area contributed by atoms with E-state index >= 15 is 0 Å². The molecule has 0 radical (unpaired) electrons. The molecule has 1 aliphatic carbocycles. The monoisotopic (exact) mass is 530 g/mol. The minimum Gasteiger partial charge on any atom is -0.396 e. The van der Waals surface area contributed by atoms with E-state index in [1.807, 2.05) is 50.2 Å². The number of benzene rings is 1. The highest BCUT2D eigenvalue weighted by atomic mass is 35.5. The molecule has 0 amide bonds. The van der Waals surface area contributed by atoms with Crippen molar-refractivity contribution in [2.75, 3.05) is 17.2 Å². The maximum atomic E-state index is 13.3. The molecule has 0 unspecified atom stereocenters. The van der Waals surface area contributed by atoms with E-state index in [1.165, 1.54) is 11.3 Å². The van der Waals surface area contributed by atoms with Crippen molar-refractivity contribution in [2.45, 2.75) is 38.5 Å². The maximum absolute atomic E-state index is 13.3. The molecule has 1 saturated carbocycles. The van der Waals surface area contributed by atoms with Crippen molar-refractivity contribution in [3.8, 4) is 10.6 Å². The minimum atomic E-state index is -1.13. The zero-order chi connectivity index (χ0) is 24.7. The number of pyridine rings is 1. The van der Waals surface area contributed by atoms with E-state index in [1.54, 1.807) is 0 Å². The molecule has 6 N–H and O–H groups in total. The number of aliphatic hydroxyl groups excluding tert-OH is 3. The molecular formula is C24H27ClN6O4S. The van der Waals surface area contributed by atoms with E-state index in [0.29, 0.717) is 17.1 Å². The van der Waals surface area contributed by atoms with Crippen LogP contribution < -0.4 is 16.2 Å². The number of fused-ring (bicyclic) bond motifs is 1. The molecule has 0 spiro atoms. The number of anilines is 3. The van der Waals surface area contributed by atoms with Crippen molar-refractivity contribution in [1.82, 2.24) is 19.9 Å². The van der Waals surface area contributed by atoms with Crippen LogP contribution in [0.1, 0.15) is 17.8 Å². The van der Waals surface area contributed by atoms with Crippen molar-refractivity contribution >= 4 is 51.4 Å². The van der Waals surface area contributed by atoms with Gasteiger partial charge in [0.2, 0.25) is 5.95 Å². The highest BCUT2D eigenvalue weighted by Crippen LogP contribution is 2.35. The van der Waals surface area contributed by atoms with Gasteiger partial charge in [0.15, 0.2) is 0 Å². The van der Waals surface area contributed by atoms with Crippen molar-refractivity contribution in [3.05, 3.63) is 58.1 Å². The molecule has 1 fully saturated rings. The molecule has 0 saturated heterocycles. The summed E-state index contributed by atoms with van der Waals surface area (Å²) in [6, 6.07) is 10.7. The number of aliphatic hydroxyl groups is 3. The van der Waals surface area contributed by atoms with Crippen LogP contribution in [0.2, 0.25) is 0 Å². The number of H-pyrrole nitrogens is 1. The number of hydrogen-bond donors (Lipinski definition) is 6. The lowest BCUT2D eigenvalue weighted by atomic mass is 10.1. The van der Waals surface area contributed by atoms with Gasteiger partial charge in [-0.15, -0.1) is 23.7 Å². The second-order valence-corrected chi connectivity index (χ2v) is 9.83. The third-order valence-corrected chi connectivity index (χ3v) is 7.18. The fourth-order valence-corrected chi connectivity index (χ4v) is 5.49. The summed E-state index contributed by atoms with van der Waals surface area (Å²) in [4.78, 5) is 29.7. The zero-order valence-corrected chi connectivity index (χ0v) is 21.2. The Hall–Kier alpha value is -3.09. The molecule has 4 atom stereocenters. The number of rotatable bonds is 6. The number of halogens is 1. The Labute approximate surface area is 216 Å². The van der Waals surface area contributed by atoms with E-state index in [9.17, 15) is 20.1 Å². The van der Waals surface area contributed by atoms with Crippen LogP contribution in [0.5, 0.6) is 0 Å². The van der Waals surface area contributed by atoms with E-state index in [0.717, 1.165) is 21.6 Å². The third kappa shape index (κ3) is 5.06. The normalized spacial score (nSPS) is 21.4. The number of para-hydroxylation sites is 1. The van der Waals surface area contributed by atoms with E-state index < -0.39 is 29.7 Å². The average molecular weight is 531 g/mol. The van der Waals surface area contributed by atoms with Gasteiger partial charge in [-0.3, -0.25) is 14.8 Å². The van der Waals surface area contributed by atoms with Crippen LogP contribution in [0.25, 0.3) is 20.8 Å². The molecule has 0 bridgehead atoms. The Morgan fingerprint density at radius 1 is 1.08 bits per heavy atom. The van der Waals surface area contributed by atoms with Crippen molar-refractivity contribution in [2.24, 2.45) is 5.92 Å². The standard InChI is InChI=1S/C24H26N6O4S.ClH/c1-11-7-14(8-12(2)25-11)26-24-29-21(27-16-9-13(10-31)19(32)20(16)33)18(22(34)30-24)23-28-15-5-3-4-6-17(15)35-23;/h3-8,13,16,19-20,31-33H,9-10H2,1-2H3,(H3,25,26,27,29,30,34);1H/t13-,16-,19-,20+;/m1./s1. The smallest absolute Gasteiger partial charge is 0.264 e. The van der Waals surface area contributed by atoms with Gasteiger partial charge in [0, 0.05) is 29.6 Å². The van der Waals surface area contributed by atoms with E-state index in [-0.39, 0.29) is 36.3 Å². The number of nitrogens with zero attached hydrogens (tertiary/aromatic N) is 3. The van der Waals surface area contributed by atoms with Gasteiger partial charge in [-0.25, -0.2) is 4.98 Å². The third-order valence-electron chi connectivity index (χ3n) is 6.13. The predicted molar refractivity (Wildman–Crippen MR) is 142 cm³/mol. The highest BCUT2D eigenvalue weighted by molar-refractivity contribution is 7.21. The van der Waals surface area contributed by atoms with Crippen molar-refractivity contribution in [1.29, 1.82) is 0 Å². The van der Waals surface area contributed by atoms with Crippen molar-refractivity contribution < 1.29 is 15.3 Å². The largest absolute Gasteiger partial charge is 0.396 e. The fourth-order valence-electron chi connectivity index (χ4n) is 4.48. The number of thiazole rings is 1. The summed E-state index contributed by atoms with van der Waals surface area (Å²) < 4.78 is 0.925. The highest BCUT2D eigenvalue weighted by Gasteiger charge is 2.41. The molecule has 12 heteroatoms. The molecule has 190 valence electrons. The van der Waals surface area contributed by atoms with Crippen LogP contribution in [0, 0.1) is 19.8 Å². The lowest BCUT2D eigenvalue weighted by Crippen LogP contribution is -2.36. The van der Waals surface area contributed by atoms with E-state index in [4.69, 9.17) is 0 Å². The lowest BCUT2D eigenvalue weighted by molar-refractivity contribution is 0.00446. The molecule has 3 heterocycles. The maximum Gasteiger partial charge on any atom is 0.264 e. The van der Waals surface area contributed by atoms with Gasteiger partial charge >= 0.3 is 0 Å². The molecule has 4 aromatic rings. The van der Waals surface area contributed by atoms with Gasteiger partial charge in [0.05, 0.1) is 22.4 Å². The summed E-state index contributed by atoms with van der Waals surface area (Å²) in [7, 11) is 0. The van der Waals surface area contributed by atoms with Crippen LogP contribution >= 0.6 is 23.7 Å². The van der Waals surface area contributed by atoms with Crippen LogP contribution in [0.15, 0.2) is 41.2 Å². The Morgan fingerprint density at radius 2 is 1.81 bits per heavy atom. The molecule has 3 aromatic heterocycles. The molecule has 36 heavy (non-hydrogen) atoms. The number of aryl methyl sites for hydroxylation is 2. The summed E-state index contributed by atoms with van der Waals surface area (Å²) in [5.74, 6) is -0.0393. The Kier molecular flexibility index (Phi) is 7.57. The number of hydrogen-bond acceptors (Lipinski definition) is 10. The molecule has 1 aliphatic rings. The fraction of sp³-hybridized carbons (Fsp3) is 0.333.